The van der Waals surface area contributed by atoms with E-state index >= 15 is 0 Å². The van der Waals surface area contributed by atoms with Gasteiger partial charge >= 0.3 is 0 Å². The van der Waals surface area contributed by atoms with Gasteiger partial charge in [-0.3, -0.25) is 0 Å². The Kier molecular flexibility index (Phi) is 6.25. The van der Waals surface area contributed by atoms with Gasteiger partial charge in [0.1, 0.15) is 12.0 Å². The Bertz CT molecular complexity index is 1020. The maximum absolute atomic E-state index is 2.33. The monoisotopic (exact) mass is 410 g/mol. The number of nitrogens with zero attached hydrogens (tertiary/aromatic N) is 1. The summed E-state index contributed by atoms with van der Waals surface area (Å²) in [7, 11) is 0.207. The molecule has 0 saturated heterocycles. The van der Waals surface area contributed by atoms with Crippen molar-refractivity contribution in [2.45, 2.75) is 24.5 Å². The summed E-state index contributed by atoms with van der Waals surface area (Å²) in [5, 5.41) is 0. The second kappa shape index (κ2) is 9.23. The molecule has 0 heterocycles. The highest BCUT2D eigenvalue weighted by Gasteiger charge is 2.17. The molecular weight excluding hydrogens is 382 g/mol. The molecule has 0 aromatic heterocycles. The largest absolute Gasteiger partial charge is 0.311 e. The Morgan fingerprint density at radius 3 is 1.47 bits per heavy atom. The molecule has 2 heteroatoms. The summed E-state index contributed by atoms with van der Waals surface area (Å²) in [6, 6.07) is 37.3. The van der Waals surface area contributed by atoms with Crippen molar-refractivity contribution in [1.29, 1.82) is 0 Å². The number of hydrogen-bond donors (Lipinski definition) is 0. The maximum Gasteiger partial charge on any atom is 0.154 e. The second-order valence-corrected chi connectivity index (χ2v) is 9.80. The molecule has 150 valence electrons. The summed E-state index contributed by atoms with van der Waals surface area (Å²) in [4.78, 5) is 3.74. The van der Waals surface area contributed by atoms with E-state index in [1.54, 1.807) is 0 Å². The van der Waals surface area contributed by atoms with Crippen molar-refractivity contribution < 1.29 is 0 Å². The zero-order valence-corrected chi connectivity index (χ0v) is 18.7. The molecule has 0 bridgehead atoms. The van der Waals surface area contributed by atoms with Crippen LogP contribution in [-0.4, -0.2) is 6.26 Å². The first-order chi connectivity index (χ1) is 14.6. The van der Waals surface area contributed by atoms with E-state index in [-0.39, 0.29) is 10.9 Å². The molecule has 30 heavy (non-hydrogen) atoms. The van der Waals surface area contributed by atoms with Crippen LogP contribution in [0.2, 0.25) is 0 Å². The van der Waals surface area contributed by atoms with Crippen LogP contribution in [0.15, 0.2) is 108 Å². The van der Waals surface area contributed by atoms with Crippen molar-refractivity contribution in [3.8, 4) is 0 Å². The van der Waals surface area contributed by atoms with Crippen LogP contribution in [0.25, 0.3) is 0 Å². The lowest BCUT2D eigenvalue weighted by Crippen LogP contribution is -2.10. The van der Waals surface area contributed by atoms with Crippen LogP contribution in [-0.2, 0) is 16.6 Å². The minimum absolute atomic E-state index is 0.207. The fourth-order valence-electron chi connectivity index (χ4n) is 3.56. The molecule has 4 aromatic carbocycles. The number of rotatable bonds is 6. The summed E-state index contributed by atoms with van der Waals surface area (Å²) in [6.07, 6.45) is 2.33. The Labute approximate surface area is 183 Å². The maximum atomic E-state index is 2.33. The van der Waals surface area contributed by atoms with Gasteiger partial charge in [0.05, 0.1) is 0 Å². The molecule has 0 aliphatic rings. The highest BCUT2D eigenvalue weighted by molar-refractivity contribution is 7.95. The summed E-state index contributed by atoms with van der Waals surface area (Å²) in [5.41, 5.74) is 7.46. The molecule has 4 aromatic rings. The van der Waals surface area contributed by atoms with Crippen LogP contribution >= 0.6 is 0 Å². The summed E-state index contributed by atoms with van der Waals surface area (Å²) >= 11 is 0. The van der Waals surface area contributed by atoms with Gasteiger partial charge in [0.15, 0.2) is 4.90 Å². The fraction of sp³-hybridized carbons (Fsp3) is 0.143. The van der Waals surface area contributed by atoms with Gasteiger partial charge in [0, 0.05) is 33.5 Å². The van der Waals surface area contributed by atoms with Crippen LogP contribution < -0.4 is 4.90 Å². The normalized spacial score (nSPS) is 11.8. The minimum Gasteiger partial charge on any atom is -0.311 e. The second-order valence-electron chi connectivity index (χ2n) is 7.77. The molecule has 4 rings (SSSR count). The lowest BCUT2D eigenvalue weighted by Gasteiger charge is -2.26. The minimum atomic E-state index is 0.207. The summed E-state index contributed by atoms with van der Waals surface area (Å²) < 4.78 is 0. The first kappa shape index (κ1) is 20.3. The molecular formula is C28H28NS+. The topological polar surface area (TPSA) is 3.24 Å². The predicted octanol–water partition coefficient (Wildman–Crippen LogP) is 7.58. The Balaban J connectivity index is 1.62. The van der Waals surface area contributed by atoms with E-state index in [9.17, 15) is 0 Å². The van der Waals surface area contributed by atoms with Gasteiger partial charge < -0.3 is 4.90 Å². The van der Waals surface area contributed by atoms with Crippen LogP contribution in [0, 0.1) is 13.8 Å². The zero-order chi connectivity index (χ0) is 20.9. The van der Waals surface area contributed by atoms with Gasteiger partial charge in [-0.15, -0.1) is 0 Å². The average Bonchev–Trinajstić information content (AvgIpc) is 2.78. The van der Waals surface area contributed by atoms with Crippen molar-refractivity contribution in [3.63, 3.8) is 0 Å². The third kappa shape index (κ3) is 4.77. The Hall–Kier alpha value is -2.97. The third-order valence-electron chi connectivity index (χ3n) is 5.31. The van der Waals surface area contributed by atoms with Crippen LogP contribution in [0.5, 0.6) is 0 Å². The summed E-state index contributed by atoms with van der Waals surface area (Å²) in [5.74, 6) is 1.07. The first-order valence-corrected chi connectivity index (χ1v) is 12.1. The third-order valence-corrected chi connectivity index (χ3v) is 7.15. The molecule has 0 amide bonds. The molecule has 1 nitrogen and oxygen atoms in total. The Morgan fingerprint density at radius 2 is 1.00 bits per heavy atom. The molecule has 0 saturated carbocycles. The Morgan fingerprint density at radius 1 is 0.567 bits per heavy atom. The smallest absolute Gasteiger partial charge is 0.154 e. The van der Waals surface area contributed by atoms with Crippen LogP contribution in [0.1, 0.15) is 16.7 Å². The molecule has 0 radical (unpaired) electrons. The molecule has 0 fully saturated rings. The van der Waals surface area contributed by atoms with Crippen molar-refractivity contribution in [2.75, 3.05) is 11.2 Å². The van der Waals surface area contributed by atoms with E-state index in [1.165, 1.54) is 38.6 Å². The van der Waals surface area contributed by atoms with Gasteiger partial charge in [-0.05, 0) is 62.4 Å². The van der Waals surface area contributed by atoms with Crippen molar-refractivity contribution in [3.05, 3.63) is 120 Å². The molecule has 0 N–H and O–H groups in total. The number of benzene rings is 4. The van der Waals surface area contributed by atoms with Crippen LogP contribution in [0.3, 0.4) is 0 Å². The van der Waals surface area contributed by atoms with Crippen molar-refractivity contribution in [2.24, 2.45) is 0 Å². The van der Waals surface area contributed by atoms with E-state index in [1.807, 2.05) is 0 Å². The van der Waals surface area contributed by atoms with E-state index in [0.29, 0.717) is 0 Å². The highest BCUT2D eigenvalue weighted by Crippen LogP contribution is 2.35. The number of anilines is 3. The summed E-state index contributed by atoms with van der Waals surface area (Å²) in [6.45, 7) is 4.26. The van der Waals surface area contributed by atoms with E-state index in [4.69, 9.17) is 0 Å². The van der Waals surface area contributed by atoms with E-state index in [2.05, 4.69) is 128 Å². The van der Waals surface area contributed by atoms with Gasteiger partial charge in [-0.1, -0.05) is 65.7 Å². The van der Waals surface area contributed by atoms with Crippen molar-refractivity contribution >= 4 is 28.0 Å². The zero-order valence-electron chi connectivity index (χ0n) is 17.9. The SMILES string of the molecule is Cc1ccc(N(c2ccc(C)cc2)c2ccc(C[S+](C)c3ccccc3)cc2)cc1. The molecule has 0 aliphatic carbocycles. The fourth-order valence-corrected chi connectivity index (χ4v) is 5.04. The van der Waals surface area contributed by atoms with E-state index < -0.39 is 0 Å². The molecule has 0 spiro atoms. The van der Waals surface area contributed by atoms with E-state index in [0.717, 1.165) is 5.75 Å². The van der Waals surface area contributed by atoms with Crippen molar-refractivity contribution in [1.82, 2.24) is 0 Å². The van der Waals surface area contributed by atoms with Gasteiger partial charge in [0.2, 0.25) is 0 Å². The first-order valence-electron chi connectivity index (χ1n) is 10.3. The number of aryl methyl sites for hydroxylation is 2. The van der Waals surface area contributed by atoms with Crippen LogP contribution in [0.4, 0.5) is 17.1 Å². The lowest BCUT2D eigenvalue weighted by molar-refractivity contribution is 1.26. The molecule has 1 atom stereocenters. The standard InChI is InChI=1S/C28H28NS/c1-22-9-15-25(16-10-22)29(26-17-11-23(2)12-18-26)27-19-13-24(14-20-27)21-30(3)28-7-5-4-6-8-28/h4-20H,21H2,1-3H3/q+1. The average molecular weight is 411 g/mol. The van der Waals surface area contributed by atoms with Gasteiger partial charge in [-0.25, -0.2) is 0 Å². The molecule has 0 aliphatic heterocycles. The van der Waals surface area contributed by atoms with Gasteiger partial charge in [0.25, 0.3) is 0 Å². The predicted molar refractivity (Wildman–Crippen MR) is 132 cm³/mol. The highest BCUT2D eigenvalue weighted by atomic mass is 32.2. The van der Waals surface area contributed by atoms with Gasteiger partial charge in [-0.2, -0.15) is 0 Å². The number of hydrogen-bond acceptors (Lipinski definition) is 1. The molecule has 1 unspecified atom stereocenters. The lowest BCUT2D eigenvalue weighted by atomic mass is 10.1. The quantitative estimate of drug-likeness (QED) is 0.296.